The number of rotatable bonds is 0. The molecule has 0 aromatic carbocycles. The average molecular weight is 201 g/mol. The molecule has 0 aliphatic carbocycles. The molecule has 2 aliphatic rings. The van der Waals surface area contributed by atoms with E-state index >= 15 is 0 Å². The summed E-state index contributed by atoms with van der Waals surface area (Å²) in [6, 6.07) is -0.398. The Labute approximate surface area is 82.0 Å². The fraction of sp³-hybridized carbons (Fsp3) is 0.714. The number of amides is 3. The first-order chi connectivity index (χ1) is 6.68. The third kappa shape index (κ3) is 4.17. The summed E-state index contributed by atoms with van der Waals surface area (Å²) in [5.41, 5.74) is 0. The summed E-state index contributed by atoms with van der Waals surface area (Å²) in [5.74, 6) is 5.17. The first-order valence-corrected chi connectivity index (χ1v) is 4.46. The van der Waals surface area contributed by atoms with Gasteiger partial charge in [0.1, 0.15) is 0 Å². The summed E-state index contributed by atoms with van der Waals surface area (Å²) in [7, 11) is 0. The van der Waals surface area contributed by atoms with Gasteiger partial charge in [-0.1, -0.05) is 0 Å². The number of carbonyl (C=O) groups is 2. The van der Waals surface area contributed by atoms with Gasteiger partial charge in [0.15, 0.2) is 0 Å². The first kappa shape index (κ1) is 10.9. The van der Waals surface area contributed by atoms with Crippen molar-refractivity contribution in [2.45, 2.75) is 0 Å². The lowest BCUT2D eigenvalue weighted by Gasteiger charge is -2.21. The van der Waals surface area contributed by atoms with Gasteiger partial charge in [0, 0.05) is 26.2 Å². The molecule has 3 amide bonds. The molecule has 2 heterocycles. The lowest BCUT2D eigenvalue weighted by Crippen LogP contribution is -2.47. The number of imide groups is 1. The summed E-state index contributed by atoms with van der Waals surface area (Å²) >= 11 is 0. The van der Waals surface area contributed by atoms with E-state index in [1.54, 1.807) is 0 Å². The fourth-order valence-electron chi connectivity index (χ4n) is 1.06. The normalized spacial score (nSPS) is 22.1. The number of urea groups is 1. The molecule has 80 valence electrons. The minimum Gasteiger partial charge on any atom is -0.329 e. The van der Waals surface area contributed by atoms with Gasteiger partial charge in [-0.25, -0.2) is 9.80 Å². The van der Waals surface area contributed by atoms with Gasteiger partial charge in [-0.2, -0.15) is 0 Å². The van der Waals surface area contributed by atoms with E-state index in [0.29, 0.717) is 0 Å². The Balaban J connectivity index is 0.000000140. The van der Waals surface area contributed by atoms with Crippen LogP contribution in [0.1, 0.15) is 0 Å². The molecule has 0 aromatic heterocycles. The molecule has 0 saturated carbocycles. The number of hydrazine groups is 1. The van der Waals surface area contributed by atoms with E-state index in [4.69, 9.17) is 5.84 Å². The van der Waals surface area contributed by atoms with Crippen LogP contribution in [-0.4, -0.2) is 49.7 Å². The largest absolute Gasteiger partial charge is 0.329 e. The van der Waals surface area contributed by atoms with E-state index in [9.17, 15) is 9.59 Å². The van der Waals surface area contributed by atoms with E-state index in [2.05, 4.69) is 10.6 Å². The zero-order chi connectivity index (χ0) is 10.4. The van der Waals surface area contributed by atoms with E-state index in [0.717, 1.165) is 26.2 Å². The highest BCUT2D eigenvalue weighted by molar-refractivity contribution is 6.01. The van der Waals surface area contributed by atoms with Crippen molar-refractivity contribution in [2.24, 2.45) is 5.84 Å². The second kappa shape index (κ2) is 5.53. The summed E-state index contributed by atoms with van der Waals surface area (Å²) in [5, 5.41) is 9.32. The van der Waals surface area contributed by atoms with Gasteiger partial charge in [-0.05, 0) is 0 Å². The molecule has 7 nitrogen and oxygen atoms in total. The predicted octanol–water partition coefficient (Wildman–Crippen LogP) is -2.41. The van der Waals surface area contributed by atoms with Gasteiger partial charge in [0.25, 0.3) is 0 Å². The van der Waals surface area contributed by atoms with Crippen LogP contribution in [0, 0.1) is 0 Å². The first-order valence-electron chi connectivity index (χ1n) is 4.46. The van der Waals surface area contributed by atoms with Crippen LogP contribution in [-0.2, 0) is 4.79 Å². The Bertz CT molecular complexity index is 200. The molecule has 7 heteroatoms. The minimum atomic E-state index is -0.398. The second-order valence-corrected chi connectivity index (χ2v) is 3.02. The minimum absolute atomic E-state index is 0.124. The Kier molecular flexibility index (Phi) is 4.30. The lowest BCUT2D eigenvalue weighted by atomic mass is 10.4. The quantitative estimate of drug-likeness (QED) is 0.258. The van der Waals surface area contributed by atoms with Crippen molar-refractivity contribution in [3.8, 4) is 0 Å². The number of nitrogens with one attached hydrogen (secondary N) is 3. The number of carbonyl (C=O) groups excluding carboxylic acids is 2. The highest BCUT2D eigenvalue weighted by atomic mass is 16.2. The van der Waals surface area contributed by atoms with Crippen molar-refractivity contribution in [2.75, 3.05) is 32.7 Å². The predicted molar refractivity (Wildman–Crippen MR) is 50.2 cm³/mol. The number of piperazine rings is 1. The number of hydrogen-bond acceptors (Lipinski definition) is 5. The van der Waals surface area contributed by atoms with E-state index in [-0.39, 0.29) is 12.5 Å². The molecule has 2 fully saturated rings. The van der Waals surface area contributed by atoms with Crippen molar-refractivity contribution in [1.29, 1.82) is 0 Å². The molecule has 0 radical (unpaired) electrons. The third-order valence-electron chi connectivity index (χ3n) is 1.81. The second-order valence-electron chi connectivity index (χ2n) is 3.02. The van der Waals surface area contributed by atoms with Crippen molar-refractivity contribution < 1.29 is 9.59 Å². The van der Waals surface area contributed by atoms with Crippen LogP contribution in [0.4, 0.5) is 4.79 Å². The molecule has 0 bridgehead atoms. The Hall–Kier alpha value is -1.18. The fourth-order valence-corrected chi connectivity index (χ4v) is 1.06. The van der Waals surface area contributed by atoms with Gasteiger partial charge in [-0.15, -0.1) is 0 Å². The van der Waals surface area contributed by atoms with Crippen LogP contribution in [0.2, 0.25) is 0 Å². The van der Waals surface area contributed by atoms with Gasteiger partial charge in [0.05, 0.1) is 6.54 Å². The van der Waals surface area contributed by atoms with Gasteiger partial charge >= 0.3 is 6.03 Å². The van der Waals surface area contributed by atoms with E-state index in [1.165, 1.54) is 0 Å². The molecular formula is C7H15N5O2. The SMILES string of the molecule is NN1CCNCC1.O=C1CNC(=O)N1. The van der Waals surface area contributed by atoms with E-state index in [1.807, 2.05) is 10.3 Å². The van der Waals surface area contributed by atoms with Crippen molar-refractivity contribution >= 4 is 11.9 Å². The van der Waals surface area contributed by atoms with Gasteiger partial charge < -0.3 is 10.6 Å². The van der Waals surface area contributed by atoms with Crippen LogP contribution in [0.3, 0.4) is 0 Å². The van der Waals surface area contributed by atoms with Crippen molar-refractivity contribution in [1.82, 2.24) is 21.0 Å². The highest BCUT2D eigenvalue weighted by Gasteiger charge is 2.14. The maximum absolute atomic E-state index is 10.1. The number of hydrogen-bond donors (Lipinski definition) is 4. The Morgan fingerprint density at radius 2 is 1.86 bits per heavy atom. The average Bonchev–Trinajstić information content (AvgIpc) is 2.52. The molecule has 2 saturated heterocycles. The van der Waals surface area contributed by atoms with Crippen molar-refractivity contribution in [3.63, 3.8) is 0 Å². The summed E-state index contributed by atoms with van der Waals surface area (Å²) < 4.78 is 0. The maximum Gasteiger partial charge on any atom is 0.321 e. The van der Waals surface area contributed by atoms with Crippen LogP contribution >= 0.6 is 0 Å². The lowest BCUT2D eigenvalue weighted by molar-refractivity contribution is -0.117. The molecule has 5 N–H and O–H groups in total. The van der Waals surface area contributed by atoms with Crippen LogP contribution in [0.25, 0.3) is 0 Å². The number of nitrogens with two attached hydrogens (primary N) is 1. The number of nitrogens with zero attached hydrogens (tertiary/aromatic N) is 1. The van der Waals surface area contributed by atoms with Gasteiger partial charge in [0.2, 0.25) is 5.91 Å². The Morgan fingerprint density at radius 1 is 1.21 bits per heavy atom. The van der Waals surface area contributed by atoms with Crippen LogP contribution in [0.5, 0.6) is 0 Å². The molecule has 0 spiro atoms. The Morgan fingerprint density at radius 3 is 2.07 bits per heavy atom. The topological polar surface area (TPSA) is 99.5 Å². The molecular weight excluding hydrogens is 186 g/mol. The maximum atomic E-state index is 10.1. The molecule has 0 atom stereocenters. The third-order valence-corrected chi connectivity index (χ3v) is 1.81. The molecule has 2 aliphatic heterocycles. The smallest absolute Gasteiger partial charge is 0.321 e. The monoisotopic (exact) mass is 201 g/mol. The summed E-state index contributed by atoms with van der Waals surface area (Å²) in [6.45, 7) is 4.17. The molecule has 2 rings (SSSR count). The van der Waals surface area contributed by atoms with E-state index < -0.39 is 6.03 Å². The van der Waals surface area contributed by atoms with Gasteiger partial charge in [-0.3, -0.25) is 16.0 Å². The summed E-state index contributed by atoms with van der Waals surface area (Å²) in [6.07, 6.45) is 0. The molecule has 14 heavy (non-hydrogen) atoms. The molecule has 0 aromatic rings. The van der Waals surface area contributed by atoms with Crippen LogP contribution in [0.15, 0.2) is 0 Å². The zero-order valence-corrected chi connectivity index (χ0v) is 7.88. The highest BCUT2D eigenvalue weighted by Crippen LogP contribution is 1.79. The summed E-state index contributed by atoms with van der Waals surface area (Å²) in [4.78, 5) is 20.1. The molecule has 0 unspecified atom stereocenters. The van der Waals surface area contributed by atoms with Crippen LogP contribution < -0.4 is 21.8 Å². The standard InChI is InChI=1S/C4H11N3.C3H4N2O2/c5-7-3-1-6-2-4-7;6-2-1-4-3(7)5-2/h6H,1-5H2;1H2,(H2,4,5,6,7). The zero-order valence-electron chi connectivity index (χ0n) is 7.88. The van der Waals surface area contributed by atoms with Crippen molar-refractivity contribution in [3.05, 3.63) is 0 Å².